The first-order valence-corrected chi connectivity index (χ1v) is 9.40. The van der Waals surface area contributed by atoms with E-state index >= 15 is 0 Å². The Morgan fingerprint density at radius 1 is 1.00 bits per heavy atom. The minimum Gasteiger partial charge on any atom is -0.480 e. The highest BCUT2D eigenvalue weighted by atomic mass is 16.6. The third-order valence-corrected chi connectivity index (χ3v) is 5.04. The zero-order chi connectivity index (χ0) is 21.0. The zero-order valence-corrected chi connectivity index (χ0v) is 16.3. The maximum Gasteiger partial charge on any atom is 0.410 e. The monoisotopic (exact) mass is 397 g/mol. The Morgan fingerprint density at radius 3 is 2.07 bits per heavy atom. The van der Waals surface area contributed by atoms with Gasteiger partial charge in [0.15, 0.2) is 0 Å². The van der Waals surface area contributed by atoms with Crippen LogP contribution < -0.4 is 0 Å². The molecule has 0 aromatic heterocycles. The molecule has 0 saturated heterocycles. The number of carbonyl (C=O) groups is 3. The lowest BCUT2D eigenvalue weighted by Gasteiger charge is -2.24. The van der Waals surface area contributed by atoms with Crippen LogP contribution in [0.1, 0.15) is 30.4 Å². The van der Waals surface area contributed by atoms with E-state index in [1.165, 1.54) is 7.05 Å². The average Bonchev–Trinajstić information content (AvgIpc) is 3.03. The van der Waals surface area contributed by atoms with Crippen molar-refractivity contribution in [1.29, 1.82) is 0 Å². The molecule has 29 heavy (non-hydrogen) atoms. The van der Waals surface area contributed by atoms with Crippen molar-refractivity contribution in [2.75, 3.05) is 20.3 Å². The topological polar surface area (TPSA) is 93.1 Å². The Kier molecular flexibility index (Phi) is 6.16. The largest absolute Gasteiger partial charge is 0.480 e. The van der Waals surface area contributed by atoms with Crippen LogP contribution in [-0.4, -0.2) is 54.3 Å². The van der Waals surface area contributed by atoms with Gasteiger partial charge in [-0.15, -0.1) is 0 Å². The van der Waals surface area contributed by atoms with Crippen molar-refractivity contribution in [3.8, 4) is 11.1 Å². The van der Waals surface area contributed by atoms with Crippen molar-refractivity contribution >= 4 is 18.0 Å². The number of benzene rings is 2. The van der Waals surface area contributed by atoms with Crippen LogP contribution in [0.2, 0.25) is 0 Å². The minimum atomic E-state index is -1.36. The molecule has 1 atom stereocenters. The number of ether oxygens (including phenoxy) is 2. The summed E-state index contributed by atoms with van der Waals surface area (Å²) in [5.74, 6) is -2.11. The van der Waals surface area contributed by atoms with E-state index < -0.39 is 30.5 Å². The standard InChI is InChI=1S/C22H23NO6/c1-3-28-20(24)12-19(21(25)26)23(2)22(27)29-13-18-16-10-6-4-8-14(16)15-9-5-7-11-17(15)18/h4-11,18-19H,3,12-13H2,1-2H3,(H,25,26)/t19-/m0/s1. The van der Waals surface area contributed by atoms with Crippen LogP contribution in [0.15, 0.2) is 48.5 Å². The Labute approximate surface area is 168 Å². The summed E-state index contributed by atoms with van der Waals surface area (Å²) in [5, 5.41) is 9.39. The minimum absolute atomic E-state index is 0.0724. The summed E-state index contributed by atoms with van der Waals surface area (Å²) in [4.78, 5) is 36.6. The normalized spacial score (nSPS) is 13.2. The number of rotatable bonds is 7. The Hall–Kier alpha value is -3.35. The van der Waals surface area contributed by atoms with Crippen molar-refractivity contribution in [2.24, 2.45) is 0 Å². The number of carboxylic acid groups (broad SMARTS) is 1. The fourth-order valence-corrected chi connectivity index (χ4v) is 3.59. The van der Waals surface area contributed by atoms with E-state index in [0.717, 1.165) is 27.2 Å². The van der Waals surface area contributed by atoms with Crippen LogP contribution in [0.5, 0.6) is 0 Å². The van der Waals surface area contributed by atoms with Gasteiger partial charge in [0.1, 0.15) is 12.6 Å². The molecule has 0 unspecified atom stereocenters. The Morgan fingerprint density at radius 2 is 1.55 bits per heavy atom. The molecular formula is C22H23NO6. The van der Waals surface area contributed by atoms with Crippen LogP contribution in [0, 0.1) is 0 Å². The van der Waals surface area contributed by atoms with E-state index in [-0.39, 0.29) is 19.1 Å². The number of amides is 1. The Bertz CT molecular complexity index is 880. The summed E-state index contributed by atoms with van der Waals surface area (Å²) in [5.41, 5.74) is 4.32. The molecule has 152 valence electrons. The summed E-state index contributed by atoms with van der Waals surface area (Å²) < 4.78 is 10.2. The number of fused-ring (bicyclic) bond motifs is 3. The number of carbonyl (C=O) groups excluding carboxylic acids is 2. The molecule has 1 amide bonds. The first-order valence-electron chi connectivity index (χ1n) is 9.40. The van der Waals surface area contributed by atoms with Gasteiger partial charge in [0.2, 0.25) is 0 Å². The van der Waals surface area contributed by atoms with Crippen molar-refractivity contribution in [2.45, 2.75) is 25.3 Å². The number of nitrogens with zero attached hydrogens (tertiary/aromatic N) is 1. The molecule has 2 aromatic carbocycles. The van der Waals surface area contributed by atoms with Gasteiger partial charge in [0, 0.05) is 13.0 Å². The molecule has 7 nitrogen and oxygen atoms in total. The lowest BCUT2D eigenvalue weighted by Crippen LogP contribution is -2.44. The highest BCUT2D eigenvalue weighted by Crippen LogP contribution is 2.44. The molecule has 1 N–H and O–H groups in total. The van der Waals surface area contributed by atoms with E-state index in [1.54, 1.807) is 6.92 Å². The summed E-state index contributed by atoms with van der Waals surface area (Å²) in [6.45, 7) is 1.84. The predicted octanol–water partition coefficient (Wildman–Crippen LogP) is 3.27. The number of hydrogen-bond acceptors (Lipinski definition) is 5. The van der Waals surface area contributed by atoms with Crippen LogP contribution in [0.3, 0.4) is 0 Å². The predicted molar refractivity (Wildman–Crippen MR) is 106 cm³/mol. The van der Waals surface area contributed by atoms with Crippen LogP contribution in [-0.2, 0) is 19.1 Å². The van der Waals surface area contributed by atoms with Crippen LogP contribution in [0.25, 0.3) is 11.1 Å². The van der Waals surface area contributed by atoms with Crippen molar-refractivity contribution in [3.05, 3.63) is 59.7 Å². The number of carboxylic acids is 1. The quantitative estimate of drug-likeness (QED) is 0.721. The van der Waals surface area contributed by atoms with Gasteiger partial charge in [-0.2, -0.15) is 0 Å². The molecule has 3 rings (SSSR count). The summed E-state index contributed by atoms with van der Waals surface area (Å²) in [7, 11) is 1.30. The highest BCUT2D eigenvalue weighted by Gasteiger charge is 2.33. The molecule has 0 aliphatic heterocycles. The van der Waals surface area contributed by atoms with E-state index in [0.29, 0.717) is 0 Å². The van der Waals surface area contributed by atoms with Gasteiger partial charge in [-0.05, 0) is 29.2 Å². The fraction of sp³-hybridized carbons (Fsp3) is 0.318. The lowest BCUT2D eigenvalue weighted by molar-refractivity contribution is -0.151. The molecule has 0 spiro atoms. The van der Waals surface area contributed by atoms with Crippen LogP contribution >= 0.6 is 0 Å². The second-order valence-electron chi connectivity index (χ2n) is 6.78. The maximum absolute atomic E-state index is 12.5. The van der Waals surface area contributed by atoms with E-state index in [9.17, 15) is 19.5 Å². The SMILES string of the molecule is CCOC(=O)C[C@@H](C(=O)O)N(C)C(=O)OCC1c2ccccc2-c2ccccc21. The van der Waals surface area contributed by atoms with Crippen LogP contribution in [0.4, 0.5) is 4.79 Å². The van der Waals surface area contributed by atoms with E-state index in [4.69, 9.17) is 9.47 Å². The molecule has 1 aliphatic rings. The molecule has 7 heteroatoms. The molecule has 0 fully saturated rings. The zero-order valence-electron chi connectivity index (χ0n) is 16.3. The molecule has 1 aliphatic carbocycles. The van der Waals surface area contributed by atoms with Gasteiger partial charge in [-0.25, -0.2) is 9.59 Å². The van der Waals surface area contributed by atoms with Crippen molar-refractivity contribution in [3.63, 3.8) is 0 Å². The van der Waals surface area contributed by atoms with Gasteiger partial charge in [-0.1, -0.05) is 48.5 Å². The number of aliphatic carboxylic acids is 1. The Balaban J connectivity index is 1.71. The molecule has 0 bridgehead atoms. The van der Waals surface area contributed by atoms with Crippen molar-refractivity contribution in [1.82, 2.24) is 4.90 Å². The van der Waals surface area contributed by atoms with Gasteiger partial charge < -0.3 is 14.6 Å². The van der Waals surface area contributed by atoms with Gasteiger partial charge in [-0.3, -0.25) is 9.69 Å². The van der Waals surface area contributed by atoms with Gasteiger partial charge >= 0.3 is 18.0 Å². The second-order valence-corrected chi connectivity index (χ2v) is 6.78. The third kappa shape index (κ3) is 4.23. The number of likely N-dealkylation sites (N-methyl/N-ethyl adjacent to an activating group) is 1. The molecule has 0 heterocycles. The molecular weight excluding hydrogens is 374 g/mol. The first kappa shape index (κ1) is 20.4. The van der Waals surface area contributed by atoms with E-state index in [1.807, 2.05) is 48.5 Å². The third-order valence-electron chi connectivity index (χ3n) is 5.04. The van der Waals surface area contributed by atoms with E-state index in [2.05, 4.69) is 0 Å². The van der Waals surface area contributed by atoms with Crippen molar-refractivity contribution < 1.29 is 29.0 Å². The highest BCUT2D eigenvalue weighted by molar-refractivity contribution is 5.85. The lowest BCUT2D eigenvalue weighted by atomic mass is 9.98. The molecule has 0 saturated carbocycles. The second kappa shape index (κ2) is 8.77. The summed E-state index contributed by atoms with van der Waals surface area (Å²) >= 11 is 0. The first-order chi connectivity index (χ1) is 13.9. The summed E-state index contributed by atoms with van der Waals surface area (Å²) in [6, 6.07) is 14.5. The maximum atomic E-state index is 12.5. The summed E-state index contributed by atoms with van der Waals surface area (Å²) in [6.07, 6.45) is -1.24. The molecule has 0 radical (unpaired) electrons. The van der Waals surface area contributed by atoms with Gasteiger partial charge in [0.05, 0.1) is 13.0 Å². The number of hydrogen-bond donors (Lipinski definition) is 1. The molecule has 2 aromatic rings. The fourth-order valence-electron chi connectivity index (χ4n) is 3.59. The average molecular weight is 397 g/mol. The number of esters is 1. The van der Waals surface area contributed by atoms with Gasteiger partial charge in [0.25, 0.3) is 0 Å². The smallest absolute Gasteiger partial charge is 0.410 e.